The van der Waals surface area contributed by atoms with E-state index in [0.29, 0.717) is 39.3 Å². The number of amides is 1. The minimum Gasteiger partial charge on any atom is -0.461 e. The molecule has 4 aliphatic rings. The summed E-state index contributed by atoms with van der Waals surface area (Å²) in [6, 6.07) is 59.1. The molecule has 0 unspecified atom stereocenters. The van der Waals surface area contributed by atoms with Crippen molar-refractivity contribution in [3.05, 3.63) is 215 Å². The topological polar surface area (TPSA) is 166 Å². The summed E-state index contributed by atoms with van der Waals surface area (Å²) in [6.07, 6.45) is -0.390. The molecule has 0 radical (unpaired) electrons. The van der Waals surface area contributed by atoms with Crippen molar-refractivity contribution >= 4 is 11.9 Å². The molecule has 4 fully saturated rings. The van der Waals surface area contributed by atoms with Crippen LogP contribution < -0.4 is 5.32 Å². The Morgan fingerprint density at radius 3 is 1.44 bits per heavy atom. The van der Waals surface area contributed by atoms with Crippen LogP contribution in [0.15, 0.2) is 182 Å². The molecule has 0 bridgehead atoms. The zero-order valence-electron chi connectivity index (χ0n) is 52.4. The lowest BCUT2D eigenvalue weighted by Gasteiger charge is -2.48. The van der Waals surface area contributed by atoms with Crippen LogP contribution in [-0.2, 0) is 111 Å². The fourth-order valence-electron chi connectivity index (χ4n) is 12.1. The molecule has 16 heteroatoms. The average Bonchev–Trinajstić information content (AvgIpc) is 1.76. The maximum atomic E-state index is 14.2. The maximum Gasteiger partial charge on any atom is 0.306 e. The summed E-state index contributed by atoms with van der Waals surface area (Å²) in [5, 5.41) is 3.36. The van der Waals surface area contributed by atoms with Gasteiger partial charge in [-0.15, -0.1) is 0 Å². The number of hydrogen-bond acceptors (Lipinski definition) is 15. The van der Waals surface area contributed by atoms with Gasteiger partial charge in [0.05, 0.1) is 65.0 Å². The van der Waals surface area contributed by atoms with Crippen LogP contribution in [0.5, 0.6) is 0 Å². The summed E-state index contributed by atoms with van der Waals surface area (Å²) in [7, 11) is 0. The molecule has 6 aromatic rings. The molecule has 90 heavy (non-hydrogen) atoms. The van der Waals surface area contributed by atoms with Gasteiger partial charge < -0.3 is 66.9 Å². The number of benzene rings is 6. The Morgan fingerprint density at radius 1 is 0.456 bits per heavy atom. The molecule has 0 aliphatic carbocycles. The zero-order chi connectivity index (χ0) is 62.2. The molecule has 1 amide bonds. The standard InChI is InChI=1S/C74H91NO15/c1-53-66(88-72-70(84-49-59-40-26-15-27-41-59)68(83-48-58-38-24-14-25-39-58)61(51-85-72)79-45-55-32-18-11-19-33-55)69-71(90-74(2,3)89-69)73(86-53)87-62-52-80-60(50-78-44-54-30-16-10-17-31-54)65(67(62)82-47-57-36-22-13-23-37-57)75-63(76)42-28-8-6-4-5-7-9-29-43-64(77)81-46-56-34-20-12-21-35-56/h10-27,30-41,53,60-62,65-73H,4-9,28-29,42-52H2,1-3H3,(H,75,76)/t53-,60+,61+,62+,65-,66-,67+,68-,69+,70+,71+,72-,73-/m0/s1. The molecule has 482 valence electrons. The second-order valence-electron chi connectivity index (χ2n) is 24.3. The second kappa shape index (κ2) is 35.0. The third kappa shape index (κ3) is 20.4. The van der Waals surface area contributed by atoms with Gasteiger partial charge in [0.2, 0.25) is 5.91 Å². The lowest BCUT2D eigenvalue weighted by molar-refractivity contribution is -0.351. The van der Waals surface area contributed by atoms with E-state index in [9.17, 15) is 9.59 Å². The molecular weight excluding hydrogens is 1140 g/mol. The number of carbonyl (C=O) groups is 2. The predicted molar refractivity (Wildman–Crippen MR) is 338 cm³/mol. The van der Waals surface area contributed by atoms with E-state index < -0.39 is 85.4 Å². The van der Waals surface area contributed by atoms with E-state index in [4.69, 9.17) is 61.6 Å². The summed E-state index contributed by atoms with van der Waals surface area (Å²) in [5.74, 6) is -1.33. The van der Waals surface area contributed by atoms with E-state index in [2.05, 4.69) is 5.32 Å². The summed E-state index contributed by atoms with van der Waals surface area (Å²) in [5.41, 5.74) is 5.97. The molecular formula is C74H91NO15. The van der Waals surface area contributed by atoms with E-state index in [1.165, 1.54) is 0 Å². The zero-order valence-corrected chi connectivity index (χ0v) is 52.4. The lowest BCUT2D eigenvalue weighted by Crippen LogP contribution is -2.65. The number of hydrogen-bond donors (Lipinski definition) is 1. The maximum absolute atomic E-state index is 14.2. The third-order valence-corrected chi connectivity index (χ3v) is 16.8. The van der Waals surface area contributed by atoms with Crippen molar-refractivity contribution in [2.45, 2.75) is 210 Å². The highest BCUT2D eigenvalue weighted by molar-refractivity contribution is 5.76. The number of ether oxygens (including phenoxy) is 13. The predicted octanol–water partition coefficient (Wildman–Crippen LogP) is 12.5. The first-order chi connectivity index (χ1) is 44.1. The van der Waals surface area contributed by atoms with Gasteiger partial charge in [0.1, 0.15) is 61.5 Å². The van der Waals surface area contributed by atoms with Gasteiger partial charge in [0.15, 0.2) is 18.4 Å². The average molecular weight is 1230 g/mol. The van der Waals surface area contributed by atoms with E-state index >= 15 is 0 Å². The van der Waals surface area contributed by atoms with Crippen molar-refractivity contribution < 1.29 is 71.2 Å². The number of carbonyl (C=O) groups excluding carboxylic acids is 2. The van der Waals surface area contributed by atoms with Gasteiger partial charge in [-0.25, -0.2) is 0 Å². The van der Waals surface area contributed by atoms with Crippen LogP contribution >= 0.6 is 0 Å². The third-order valence-electron chi connectivity index (χ3n) is 16.8. The van der Waals surface area contributed by atoms with Gasteiger partial charge in [-0.1, -0.05) is 221 Å². The van der Waals surface area contributed by atoms with Crippen molar-refractivity contribution in [1.82, 2.24) is 5.32 Å². The fourth-order valence-corrected chi connectivity index (χ4v) is 12.1. The Hall–Kier alpha value is -6.22. The van der Waals surface area contributed by atoms with Crippen molar-refractivity contribution in [1.29, 1.82) is 0 Å². The Balaban J connectivity index is 0.812. The van der Waals surface area contributed by atoms with E-state index in [-0.39, 0.29) is 44.9 Å². The fraction of sp³-hybridized carbons (Fsp3) is 0.486. The molecule has 13 atom stereocenters. The highest BCUT2D eigenvalue weighted by atomic mass is 16.8. The van der Waals surface area contributed by atoms with Crippen LogP contribution in [0, 0.1) is 0 Å². The summed E-state index contributed by atoms with van der Waals surface area (Å²) >= 11 is 0. The van der Waals surface area contributed by atoms with Crippen LogP contribution in [0.1, 0.15) is 118 Å². The Kier molecular flexibility index (Phi) is 25.9. The smallest absolute Gasteiger partial charge is 0.306 e. The summed E-state index contributed by atoms with van der Waals surface area (Å²) in [4.78, 5) is 26.5. The first-order valence-electron chi connectivity index (χ1n) is 32.4. The van der Waals surface area contributed by atoms with Crippen molar-refractivity contribution in [3.63, 3.8) is 0 Å². The van der Waals surface area contributed by atoms with E-state index in [1.807, 2.05) is 203 Å². The van der Waals surface area contributed by atoms with Crippen LogP contribution in [0.25, 0.3) is 0 Å². The molecule has 0 aromatic heterocycles. The van der Waals surface area contributed by atoms with Gasteiger partial charge >= 0.3 is 5.97 Å². The highest BCUT2D eigenvalue weighted by Crippen LogP contribution is 2.42. The largest absolute Gasteiger partial charge is 0.461 e. The number of esters is 1. The monoisotopic (exact) mass is 1230 g/mol. The quantitative estimate of drug-likeness (QED) is 0.0299. The molecule has 10 rings (SSSR count). The minimum absolute atomic E-state index is 0.105. The SMILES string of the molecule is C[C@@H]1O[C@@H](O[C@@H]2CO[C@H](COCc3ccccc3)[C@H](NC(=O)CCCCCCCCCCC(=O)OCc3ccccc3)[C@@H]2OCc2ccccc2)[C@@H]2OC(C)(C)O[C@@H]2[C@H]1O[C@@H]1OC[C@@H](OCc2ccccc2)[C@H](OCc2ccccc2)[C@H]1OCc1ccccc1. The molecule has 4 aliphatic heterocycles. The van der Waals surface area contributed by atoms with E-state index in [1.54, 1.807) is 0 Å². The van der Waals surface area contributed by atoms with Gasteiger partial charge in [0, 0.05) is 12.8 Å². The molecule has 16 nitrogen and oxygen atoms in total. The normalized spacial score (nSPS) is 26.3. The Bertz CT molecular complexity index is 2990. The van der Waals surface area contributed by atoms with Crippen LogP contribution in [0.3, 0.4) is 0 Å². The molecule has 0 saturated carbocycles. The van der Waals surface area contributed by atoms with Crippen molar-refractivity contribution in [2.75, 3.05) is 19.8 Å². The first kappa shape index (κ1) is 66.7. The molecule has 4 saturated heterocycles. The first-order valence-corrected chi connectivity index (χ1v) is 32.4. The highest BCUT2D eigenvalue weighted by Gasteiger charge is 2.58. The lowest BCUT2D eigenvalue weighted by atomic mass is 9.95. The number of rotatable bonds is 34. The number of unbranched alkanes of at least 4 members (excludes halogenated alkanes) is 7. The molecule has 1 N–H and O–H groups in total. The minimum atomic E-state index is -1.06. The number of nitrogens with one attached hydrogen (secondary N) is 1. The molecule has 6 aromatic carbocycles. The van der Waals surface area contributed by atoms with Gasteiger partial charge in [0.25, 0.3) is 0 Å². The molecule has 0 spiro atoms. The van der Waals surface area contributed by atoms with Crippen LogP contribution in [0.2, 0.25) is 0 Å². The summed E-state index contributed by atoms with van der Waals surface area (Å²) in [6.45, 7) is 7.95. The van der Waals surface area contributed by atoms with Gasteiger partial charge in [-0.05, 0) is 67.0 Å². The van der Waals surface area contributed by atoms with Crippen molar-refractivity contribution in [3.8, 4) is 0 Å². The van der Waals surface area contributed by atoms with Crippen LogP contribution in [0.4, 0.5) is 0 Å². The Morgan fingerprint density at radius 2 is 0.900 bits per heavy atom. The molecule has 4 heterocycles. The van der Waals surface area contributed by atoms with E-state index in [0.717, 1.165) is 84.7 Å². The van der Waals surface area contributed by atoms with Gasteiger partial charge in [-0.3, -0.25) is 9.59 Å². The second-order valence-corrected chi connectivity index (χ2v) is 24.3. The number of fused-ring (bicyclic) bond motifs is 1. The van der Waals surface area contributed by atoms with Crippen molar-refractivity contribution in [2.24, 2.45) is 0 Å². The van der Waals surface area contributed by atoms with Crippen LogP contribution in [-0.4, -0.2) is 117 Å². The van der Waals surface area contributed by atoms with Gasteiger partial charge in [-0.2, -0.15) is 0 Å². The summed E-state index contributed by atoms with van der Waals surface area (Å²) < 4.78 is 87.3. The Labute approximate surface area is 531 Å².